The smallest absolute Gasteiger partial charge is 0.336 e. The van der Waals surface area contributed by atoms with Crippen molar-refractivity contribution in [2.24, 2.45) is 0 Å². The van der Waals surface area contributed by atoms with Crippen LogP contribution in [0.15, 0.2) is 62.3 Å². The van der Waals surface area contributed by atoms with Gasteiger partial charge in [-0.05, 0) is 36.8 Å². The second-order valence-corrected chi connectivity index (χ2v) is 6.43. The summed E-state index contributed by atoms with van der Waals surface area (Å²) in [6.45, 7) is 3.59. The average molecular weight is 391 g/mol. The first-order valence-corrected chi connectivity index (χ1v) is 8.86. The number of para-hydroxylation sites is 1. The van der Waals surface area contributed by atoms with Gasteiger partial charge < -0.3 is 19.0 Å². The van der Waals surface area contributed by atoms with Crippen LogP contribution in [0.5, 0.6) is 5.75 Å². The Morgan fingerprint density at radius 3 is 2.76 bits per heavy atom. The summed E-state index contributed by atoms with van der Waals surface area (Å²) in [5.74, 6) is 0.848. The first-order chi connectivity index (χ1) is 14.0. The summed E-state index contributed by atoms with van der Waals surface area (Å²) in [4.78, 5) is 28.5. The third kappa shape index (κ3) is 4.01. The molecule has 0 spiro atoms. The van der Waals surface area contributed by atoms with E-state index in [0.717, 1.165) is 10.9 Å². The molecule has 0 aliphatic carbocycles. The van der Waals surface area contributed by atoms with Crippen molar-refractivity contribution in [3.63, 3.8) is 0 Å². The number of benzene rings is 2. The second kappa shape index (κ2) is 7.59. The van der Waals surface area contributed by atoms with E-state index >= 15 is 0 Å². The fourth-order valence-electron chi connectivity index (χ4n) is 2.92. The molecule has 146 valence electrons. The highest BCUT2D eigenvalue weighted by atomic mass is 16.5. The van der Waals surface area contributed by atoms with Crippen LogP contribution in [0.1, 0.15) is 27.6 Å². The Labute approximate surface area is 165 Å². The van der Waals surface area contributed by atoms with E-state index in [2.05, 4.69) is 15.5 Å². The Bertz CT molecular complexity index is 1260. The van der Waals surface area contributed by atoms with Crippen LogP contribution in [-0.4, -0.2) is 16.0 Å². The van der Waals surface area contributed by atoms with Crippen molar-refractivity contribution in [2.45, 2.75) is 20.5 Å². The molecule has 2 aromatic carbocycles. The van der Waals surface area contributed by atoms with Crippen LogP contribution in [0.4, 0.5) is 5.69 Å². The summed E-state index contributed by atoms with van der Waals surface area (Å²) in [5, 5.41) is 7.38. The van der Waals surface area contributed by atoms with Gasteiger partial charge >= 0.3 is 5.63 Å². The molecule has 0 radical (unpaired) electrons. The van der Waals surface area contributed by atoms with Crippen molar-refractivity contribution in [1.29, 1.82) is 0 Å². The lowest BCUT2D eigenvalue weighted by Gasteiger charge is -2.11. The molecule has 29 heavy (non-hydrogen) atoms. The molecule has 0 bridgehead atoms. The zero-order valence-electron chi connectivity index (χ0n) is 15.8. The van der Waals surface area contributed by atoms with Crippen LogP contribution in [-0.2, 0) is 6.61 Å². The molecule has 0 fully saturated rings. The Morgan fingerprint density at radius 1 is 1.14 bits per heavy atom. The topological polar surface area (TPSA) is 107 Å². The number of carbonyl (C=O) groups excluding carboxylic acids is 1. The van der Waals surface area contributed by atoms with E-state index in [1.165, 1.54) is 6.07 Å². The van der Waals surface area contributed by atoms with Gasteiger partial charge in [0.1, 0.15) is 11.3 Å². The molecule has 4 aromatic rings. The van der Waals surface area contributed by atoms with Crippen LogP contribution < -0.4 is 15.7 Å². The van der Waals surface area contributed by atoms with E-state index < -0.39 is 5.63 Å². The Morgan fingerprint density at radius 2 is 1.97 bits per heavy atom. The van der Waals surface area contributed by atoms with Crippen molar-refractivity contribution in [1.82, 2.24) is 10.1 Å². The molecule has 0 atom stereocenters. The number of nitrogens with one attached hydrogen (secondary N) is 1. The Balaban J connectivity index is 1.55. The third-order valence-electron chi connectivity index (χ3n) is 4.27. The van der Waals surface area contributed by atoms with Gasteiger partial charge in [0, 0.05) is 30.1 Å². The lowest BCUT2D eigenvalue weighted by molar-refractivity contribution is 0.102. The maximum Gasteiger partial charge on any atom is 0.336 e. The van der Waals surface area contributed by atoms with Gasteiger partial charge in [-0.15, -0.1) is 0 Å². The van der Waals surface area contributed by atoms with Crippen LogP contribution in [0, 0.1) is 13.8 Å². The van der Waals surface area contributed by atoms with Gasteiger partial charge in [-0.25, -0.2) is 4.79 Å². The largest absolute Gasteiger partial charge is 0.485 e. The number of amides is 1. The molecule has 2 heterocycles. The minimum atomic E-state index is -0.436. The van der Waals surface area contributed by atoms with E-state index in [4.69, 9.17) is 13.7 Å². The van der Waals surface area contributed by atoms with Gasteiger partial charge in [-0.3, -0.25) is 4.79 Å². The minimum absolute atomic E-state index is 0.0715. The number of fused-ring (bicyclic) bond motifs is 1. The van der Waals surface area contributed by atoms with Crippen molar-refractivity contribution >= 4 is 22.6 Å². The summed E-state index contributed by atoms with van der Waals surface area (Å²) < 4.78 is 15.8. The molecule has 0 aliphatic heterocycles. The van der Waals surface area contributed by atoms with Crippen molar-refractivity contribution in [3.05, 3.63) is 81.8 Å². The summed E-state index contributed by atoms with van der Waals surface area (Å²) in [5.41, 5.74) is 1.63. The molecule has 2 aromatic heterocycles. The highest BCUT2D eigenvalue weighted by Crippen LogP contribution is 2.24. The lowest BCUT2D eigenvalue weighted by atomic mass is 10.1. The first-order valence-electron chi connectivity index (χ1n) is 8.86. The van der Waals surface area contributed by atoms with Gasteiger partial charge in [-0.2, -0.15) is 4.98 Å². The number of aryl methyl sites for hydroxylation is 2. The quantitative estimate of drug-likeness (QED) is 0.518. The molecule has 8 nitrogen and oxygen atoms in total. The van der Waals surface area contributed by atoms with E-state index in [-0.39, 0.29) is 12.5 Å². The molecule has 1 amide bonds. The summed E-state index contributed by atoms with van der Waals surface area (Å²) in [7, 11) is 0. The standard InChI is InChI=1S/C21H17N3O5/c1-12-9-20(25)28-18-10-14(7-8-15(12)18)23-21(26)16-5-3-4-6-17(16)27-11-19-22-13(2)29-24-19/h3-10H,11H2,1-2H3,(H,23,26). The van der Waals surface area contributed by atoms with Gasteiger partial charge in [0.25, 0.3) is 5.91 Å². The SMILES string of the molecule is Cc1nc(COc2ccccc2C(=O)Nc2ccc3c(C)cc(=O)oc3c2)no1. The number of nitrogens with zero attached hydrogens (tertiary/aromatic N) is 2. The van der Waals surface area contributed by atoms with Crippen LogP contribution in [0.3, 0.4) is 0 Å². The summed E-state index contributed by atoms with van der Waals surface area (Å²) in [6.07, 6.45) is 0. The summed E-state index contributed by atoms with van der Waals surface area (Å²) >= 11 is 0. The van der Waals surface area contributed by atoms with Crippen molar-refractivity contribution in [3.8, 4) is 5.75 Å². The number of carbonyl (C=O) groups is 1. The van der Waals surface area contributed by atoms with Crippen LogP contribution in [0.25, 0.3) is 11.0 Å². The van der Waals surface area contributed by atoms with Crippen LogP contribution in [0.2, 0.25) is 0 Å². The predicted molar refractivity (Wildman–Crippen MR) is 105 cm³/mol. The van der Waals surface area contributed by atoms with Crippen molar-refractivity contribution < 1.29 is 18.5 Å². The number of hydrogen-bond donors (Lipinski definition) is 1. The normalized spacial score (nSPS) is 10.8. The zero-order valence-corrected chi connectivity index (χ0v) is 15.8. The molecule has 1 N–H and O–H groups in total. The van der Waals surface area contributed by atoms with E-state index in [0.29, 0.717) is 34.3 Å². The maximum absolute atomic E-state index is 12.8. The van der Waals surface area contributed by atoms with E-state index in [1.54, 1.807) is 49.4 Å². The van der Waals surface area contributed by atoms with Gasteiger partial charge in [0.05, 0.1) is 5.56 Å². The Kier molecular flexibility index (Phi) is 4.82. The average Bonchev–Trinajstić information content (AvgIpc) is 3.11. The first kappa shape index (κ1) is 18.4. The number of aromatic nitrogens is 2. The third-order valence-corrected chi connectivity index (χ3v) is 4.27. The maximum atomic E-state index is 12.8. The van der Waals surface area contributed by atoms with Gasteiger partial charge in [0.15, 0.2) is 6.61 Å². The summed E-state index contributed by atoms with van der Waals surface area (Å²) in [6, 6.07) is 13.4. The van der Waals surface area contributed by atoms with E-state index in [1.807, 2.05) is 6.92 Å². The highest BCUT2D eigenvalue weighted by Gasteiger charge is 2.14. The number of anilines is 1. The fourth-order valence-corrected chi connectivity index (χ4v) is 2.92. The minimum Gasteiger partial charge on any atom is -0.485 e. The van der Waals surface area contributed by atoms with Crippen molar-refractivity contribution in [2.75, 3.05) is 5.32 Å². The van der Waals surface area contributed by atoms with Gasteiger partial charge in [-0.1, -0.05) is 17.3 Å². The molecule has 0 aliphatic rings. The lowest BCUT2D eigenvalue weighted by Crippen LogP contribution is -2.14. The van der Waals surface area contributed by atoms with Crippen LogP contribution >= 0.6 is 0 Å². The molecule has 8 heteroatoms. The predicted octanol–water partition coefficient (Wildman–Crippen LogP) is 3.62. The molecular weight excluding hydrogens is 374 g/mol. The molecule has 0 saturated heterocycles. The molecule has 0 saturated carbocycles. The zero-order chi connectivity index (χ0) is 20.4. The Hall–Kier alpha value is -3.94. The monoisotopic (exact) mass is 391 g/mol. The van der Waals surface area contributed by atoms with E-state index in [9.17, 15) is 9.59 Å². The fraction of sp³-hybridized carbons (Fsp3) is 0.143. The number of rotatable bonds is 5. The molecule has 0 unspecified atom stereocenters. The number of ether oxygens (including phenoxy) is 1. The molecular formula is C21H17N3O5. The number of hydrogen-bond acceptors (Lipinski definition) is 7. The van der Waals surface area contributed by atoms with Gasteiger partial charge in [0.2, 0.25) is 11.7 Å². The molecule has 4 rings (SSSR count). The second-order valence-electron chi connectivity index (χ2n) is 6.43. The highest BCUT2D eigenvalue weighted by molar-refractivity contribution is 6.06.